The second-order valence-corrected chi connectivity index (χ2v) is 7.04. The number of aromatic nitrogens is 2. The number of carbonyl (C=O) groups is 2. The molecular formula is C23H26N4O3. The molecular weight excluding hydrogens is 380 g/mol. The van der Waals surface area contributed by atoms with Crippen molar-refractivity contribution in [3.05, 3.63) is 83.9 Å². The molecule has 0 saturated carbocycles. The van der Waals surface area contributed by atoms with Crippen LogP contribution in [0.4, 0.5) is 0 Å². The summed E-state index contributed by atoms with van der Waals surface area (Å²) < 4.78 is 7.20. The van der Waals surface area contributed by atoms with Gasteiger partial charge in [-0.1, -0.05) is 42.5 Å². The van der Waals surface area contributed by atoms with Crippen molar-refractivity contribution in [1.82, 2.24) is 20.2 Å². The maximum absolute atomic E-state index is 13.0. The van der Waals surface area contributed by atoms with Crippen molar-refractivity contribution in [2.75, 3.05) is 7.11 Å². The molecule has 7 nitrogen and oxygen atoms in total. The molecule has 3 aromatic rings. The van der Waals surface area contributed by atoms with E-state index in [9.17, 15) is 9.59 Å². The van der Waals surface area contributed by atoms with Crippen LogP contribution in [0.25, 0.3) is 0 Å². The SMILES string of the molecule is COc1cccc([C@H](NC(=O)C[C@@H](NC(C)=O)c2ccccc2)c2nccn2C)c1. The number of aryl methyl sites for hydroxylation is 1. The molecule has 156 valence electrons. The van der Waals surface area contributed by atoms with Crippen molar-refractivity contribution in [2.45, 2.75) is 25.4 Å². The van der Waals surface area contributed by atoms with E-state index in [1.165, 1.54) is 6.92 Å². The molecule has 0 bridgehead atoms. The topological polar surface area (TPSA) is 85.2 Å². The second kappa shape index (κ2) is 9.73. The van der Waals surface area contributed by atoms with Crippen molar-refractivity contribution in [1.29, 1.82) is 0 Å². The quantitative estimate of drug-likeness (QED) is 0.602. The maximum atomic E-state index is 13.0. The zero-order chi connectivity index (χ0) is 21.5. The van der Waals surface area contributed by atoms with E-state index >= 15 is 0 Å². The van der Waals surface area contributed by atoms with Gasteiger partial charge in [-0.05, 0) is 23.3 Å². The van der Waals surface area contributed by atoms with Crippen LogP contribution in [-0.2, 0) is 16.6 Å². The van der Waals surface area contributed by atoms with E-state index < -0.39 is 12.1 Å². The first-order valence-corrected chi connectivity index (χ1v) is 9.70. The molecule has 0 fully saturated rings. The van der Waals surface area contributed by atoms with Crippen LogP contribution in [0.15, 0.2) is 67.0 Å². The van der Waals surface area contributed by atoms with E-state index in [0.717, 1.165) is 11.1 Å². The first kappa shape index (κ1) is 21.1. The van der Waals surface area contributed by atoms with Crippen LogP contribution < -0.4 is 15.4 Å². The summed E-state index contributed by atoms with van der Waals surface area (Å²) in [4.78, 5) is 29.1. The summed E-state index contributed by atoms with van der Waals surface area (Å²) in [6.45, 7) is 1.45. The Morgan fingerprint density at radius 3 is 2.43 bits per heavy atom. The van der Waals surface area contributed by atoms with Crippen molar-refractivity contribution >= 4 is 11.8 Å². The molecule has 2 atom stereocenters. The highest BCUT2D eigenvalue weighted by atomic mass is 16.5. The Morgan fingerprint density at radius 2 is 1.80 bits per heavy atom. The van der Waals surface area contributed by atoms with Gasteiger partial charge < -0.3 is 19.9 Å². The Morgan fingerprint density at radius 1 is 1.07 bits per heavy atom. The van der Waals surface area contributed by atoms with Gasteiger partial charge in [-0.3, -0.25) is 9.59 Å². The van der Waals surface area contributed by atoms with E-state index in [2.05, 4.69) is 15.6 Å². The first-order chi connectivity index (χ1) is 14.5. The van der Waals surface area contributed by atoms with Crippen LogP contribution in [0, 0.1) is 0 Å². The predicted octanol–water partition coefficient (Wildman–Crippen LogP) is 2.90. The molecule has 7 heteroatoms. The van der Waals surface area contributed by atoms with Crippen LogP contribution in [0.5, 0.6) is 5.75 Å². The number of carbonyl (C=O) groups excluding carboxylic acids is 2. The molecule has 2 aromatic carbocycles. The third-order valence-electron chi connectivity index (χ3n) is 4.82. The van der Waals surface area contributed by atoms with Gasteiger partial charge in [0.15, 0.2) is 0 Å². The Hall–Kier alpha value is -3.61. The first-order valence-electron chi connectivity index (χ1n) is 9.70. The average Bonchev–Trinajstić information content (AvgIpc) is 3.17. The molecule has 0 aliphatic carbocycles. The highest BCUT2D eigenvalue weighted by molar-refractivity contribution is 5.79. The number of benzene rings is 2. The van der Waals surface area contributed by atoms with Crippen LogP contribution in [0.1, 0.15) is 42.4 Å². The Bertz CT molecular complexity index is 1000. The molecule has 2 amide bonds. The fourth-order valence-electron chi connectivity index (χ4n) is 3.36. The zero-order valence-electron chi connectivity index (χ0n) is 17.3. The molecule has 0 radical (unpaired) electrons. The number of ether oxygens (including phenoxy) is 1. The summed E-state index contributed by atoms with van der Waals surface area (Å²) >= 11 is 0. The summed E-state index contributed by atoms with van der Waals surface area (Å²) in [5, 5.41) is 5.94. The van der Waals surface area contributed by atoms with Crippen molar-refractivity contribution in [2.24, 2.45) is 7.05 Å². The molecule has 0 aliphatic rings. The van der Waals surface area contributed by atoms with Gasteiger partial charge in [0.25, 0.3) is 0 Å². The number of rotatable bonds is 8. The van der Waals surface area contributed by atoms with Crippen molar-refractivity contribution < 1.29 is 14.3 Å². The van der Waals surface area contributed by atoms with Gasteiger partial charge >= 0.3 is 0 Å². The van der Waals surface area contributed by atoms with Gasteiger partial charge in [-0.15, -0.1) is 0 Å². The van der Waals surface area contributed by atoms with Crippen molar-refractivity contribution in [3.63, 3.8) is 0 Å². The minimum Gasteiger partial charge on any atom is -0.497 e. The number of amides is 2. The molecule has 1 heterocycles. The van der Waals surface area contributed by atoms with Gasteiger partial charge in [0, 0.05) is 26.4 Å². The van der Waals surface area contributed by atoms with Gasteiger partial charge in [0.1, 0.15) is 17.6 Å². The Kier molecular flexibility index (Phi) is 6.85. The smallest absolute Gasteiger partial charge is 0.223 e. The average molecular weight is 406 g/mol. The molecule has 0 spiro atoms. The van der Waals surface area contributed by atoms with Gasteiger partial charge in [-0.2, -0.15) is 0 Å². The standard InChI is InChI=1S/C23H26N4O3/c1-16(28)25-20(17-8-5-4-6-9-17)15-21(29)26-22(23-24-12-13-27(23)2)18-10-7-11-19(14-18)30-3/h4-14,20,22H,15H2,1-3H3,(H,25,28)(H,26,29)/t20-,22+/m1/s1. The second-order valence-electron chi connectivity index (χ2n) is 7.04. The molecule has 0 unspecified atom stereocenters. The van der Waals surface area contributed by atoms with E-state index in [4.69, 9.17) is 4.74 Å². The van der Waals surface area contributed by atoms with E-state index in [-0.39, 0.29) is 18.2 Å². The van der Waals surface area contributed by atoms with Gasteiger partial charge in [0.2, 0.25) is 11.8 Å². The lowest BCUT2D eigenvalue weighted by Crippen LogP contribution is -2.35. The van der Waals surface area contributed by atoms with Crippen LogP contribution in [-0.4, -0.2) is 28.5 Å². The minimum absolute atomic E-state index is 0.106. The fraction of sp³-hybridized carbons (Fsp3) is 0.261. The largest absolute Gasteiger partial charge is 0.497 e. The lowest BCUT2D eigenvalue weighted by Gasteiger charge is -2.22. The summed E-state index contributed by atoms with van der Waals surface area (Å²) in [7, 11) is 3.48. The van der Waals surface area contributed by atoms with E-state index in [1.54, 1.807) is 13.3 Å². The monoisotopic (exact) mass is 406 g/mol. The van der Waals surface area contributed by atoms with Gasteiger partial charge in [0.05, 0.1) is 19.6 Å². The molecule has 1 aromatic heterocycles. The molecule has 30 heavy (non-hydrogen) atoms. The molecule has 0 saturated heterocycles. The van der Waals surface area contributed by atoms with Crippen LogP contribution in [0.3, 0.4) is 0 Å². The number of hydrogen-bond acceptors (Lipinski definition) is 4. The normalized spacial score (nSPS) is 12.6. The van der Waals surface area contributed by atoms with E-state index in [0.29, 0.717) is 11.6 Å². The predicted molar refractivity (Wildman–Crippen MR) is 114 cm³/mol. The maximum Gasteiger partial charge on any atom is 0.223 e. The number of hydrogen-bond donors (Lipinski definition) is 2. The van der Waals surface area contributed by atoms with Crippen molar-refractivity contribution in [3.8, 4) is 5.75 Å². The number of nitrogens with zero attached hydrogens (tertiary/aromatic N) is 2. The van der Waals surface area contributed by atoms with Crippen LogP contribution >= 0.6 is 0 Å². The number of imidazole rings is 1. The zero-order valence-corrected chi connectivity index (χ0v) is 17.3. The third-order valence-corrected chi connectivity index (χ3v) is 4.82. The summed E-state index contributed by atoms with van der Waals surface area (Å²) in [5.41, 5.74) is 1.73. The molecule has 3 rings (SSSR count). The highest BCUT2D eigenvalue weighted by Gasteiger charge is 2.24. The minimum atomic E-state index is -0.457. The lowest BCUT2D eigenvalue weighted by atomic mass is 10.0. The number of methoxy groups -OCH3 is 1. The fourth-order valence-corrected chi connectivity index (χ4v) is 3.36. The molecule has 2 N–H and O–H groups in total. The third kappa shape index (κ3) is 5.26. The van der Waals surface area contributed by atoms with Gasteiger partial charge in [-0.25, -0.2) is 4.98 Å². The van der Waals surface area contributed by atoms with Crippen LogP contribution in [0.2, 0.25) is 0 Å². The lowest BCUT2D eigenvalue weighted by molar-refractivity contribution is -0.123. The van der Waals surface area contributed by atoms with E-state index in [1.807, 2.05) is 72.4 Å². The summed E-state index contributed by atoms with van der Waals surface area (Å²) in [5.74, 6) is 1.01. The summed E-state index contributed by atoms with van der Waals surface area (Å²) in [6.07, 6.45) is 3.63. The highest BCUT2D eigenvalue weighted by Crippen LogP contribution is 2.25. The summed E-state index contributed by atoms with van der Waals surface area (Å²) in [6, 6.07) is 16.1. The number of nitrogens with one attached hydrogen (secondary N) is 2. The Balaban J connectivity index is 1.85. The Labute approximate surface area is 176 Å². The molecule has 0 aliphatic heterocycles.